The lowest BCUT2D eigenvalue weighted by molar-refractivity contribution is -0.115. The number of carbonyl (C=O) groups excluding carboxylic acids is 2. The Kier molecular flexibility index (Phi) is 7.34. The van der Waals surface area contributed by atoms with Crippen LogP contribution in [0.15, 0.2) is 108 Å². The van der Waals surface area contributed by atoms with Gasteiger partial charge in [-0.3, -0.25) is 9.59 Å². The minimum atomic E-state index is -0.682. The van der Waals surface area contributed by atoms with E-state index >= 15 is 0 Å². The first-order chi connectivity index (χ1) is 16.5. The van der Waals surface area contributed by atoms with E-state index in [0.717, 1.165) is 5.56 Å². The maximum absolute atomic E-state index is 14.1. The van der Waals surface area contributed by atoms with Crippen molar-refractivity contribution in [2.45, 2.75) is 10.1 Å². The second-order valence-electron chi connectivity index (χ2n) is 7.34. The molecule has 0 radical (unpaired) electrons. The molecule has 0 aromatic heterocycles. The Balaban J connectivity index is 1.56. The smallest absolute Gasteiger partial charge is 0.258 e. The van der Waals surface area contributed by atoms with E-state index in [9.17, 15) is 18.4 Å². The van der Waals surface area contributed by atoms with Crippen LogP contribution in [-0.2, 0) is 4.79 Å². The summed E-state index contributed by atoms with van der Waals surface area (Å²) in [5.41, 5.74) is 1.23. The van der Waals surface area contributed by atoms with Gasteiger partial charge in [-0.25, -0.2) is 8.78 Å². The summed E-state index contributed by atoms with van der Waals surface area (Å²) in [6.45, 7) is 0. The van der Waals surface area contributed by atoms with E-state index in [-0.39, 0.29) is 17.2 Å². The summed E-state index contributed by atoms with van der Waals surface area (Å²) in [4.78, 5) is 26.3. The first-order valence-electron chi connectivity index (χ1n) is 10.4. The molecule has 7 heteroatoms. The van der Waals surface area contributed by atoms with Crippen molar-refractivity contribution in [1.29, 1.82) is 0 Å². The molecule has 4 aromatic rings. The molecule has 4 rings (SSSR count). The molecule has 0 aliphatic heterocycles. The molecular weight excluding hydrogens is 454 g/mol. The first-order valence-corrected chi connectivity index (χ1v) is 11.3. The van der Waals surface area contributed by atoms with Gasteiger partial charge in [-0.05, 0) is 48.0 Å². The molecule has 4 aromatic carbocycles. The fourth-order valence-electron chi connectivity index (χ4n) is 3.29. The van der Waals surface area contributed by atoms with Crippen molar-refractivity contribution < 1.29 is 18.4 Å². The molecule has 0 aliphatic carbocycles. The fraction of sp³-hybridized carbons (Fsp3) is 0.0370. The SMILES string of the molecule is O=C(Nc1cccc(SC(C(=O)Nc2ccccc2F)c2ccccc2)c1)c1ccccc1F. The first kappa shape index (κ1) is 23.2. The molecule has 0 saturated carbocycles. The predicted octanol–water partition coefficient (Wildman–Crippen LogP) is 6.69. The van der Waals surface area contributed by atoms with E-state index < -0.39 is 22.8 Å². The molecule has 0 spiro atoms. The van der Waals surface area contributed by atoms with Crippen molar-refractivity contribution in [3.63, 3.8) is 0 Å². The number of amides is 2. The molecule has 0 heterocycles. The minimum absolute atomic E-state index is 0.0630. The lowest BCUT2D eigenvalue weighted by atomic mass is 10.1. The average molecular weight is 475 g/mol. The molecule has 0 bridgehead atoms. The Morgan fingerprint density at radius 1 is 0.706 bits per heavy atom. The highest BCUT2D eigenvalue weighted by Crippen LogP contribution is 2.37. The Morgan fingerprint density at radius 2 is 1.38 bits per heavy atom. The zero-order valence-corrected chi connectivity index (χ0v) is 18.7. The maximum atomic E-state index is 14.1. The van der Waals surface area contributed by atoms with Gasteiger partial charge in [0.15, 0.2) is 0 Å². The van der Waals surface area contributed by atoms with Crippen molar-refractivity contribution >= 4 is 35.0 Å². The summed E-state index contributed by atoms with van der Waals surface area (Å²) in [6.07, 6.45) is 0. The van der Waals surface area contributed by atoms with Gasteiger partial charge in [-0.2, -0.15) is 0 Å². The van der Waals surface area contributed by atoms with Crippen LogP contribution in [0.2, 0.25) is 0 Å². The van der Waals surface area contributed by atoms with Crippen molar-refractivity contribution in [1.82, 2.24) is 0 Å². The van der Waals surface area contributed by atoms with Crippen LogP contribution in [0.1, 0.15) is 21.2 Å². The molecule has 0 aliphatic rings. The normalized spacial score (nSPS) is 11.5. The molecule has 4 nitrogen and oxygen atoms in total. The number of carbonyl (C=O) groups is 2. The lowest BCUT2D eigenvalue weighted by Gasteiger charge is -2.18. The molecule has 2 N–H and O–H groups in total. The van der Waals surface area contributed by atoms with Crippen molar-refractivity contribution in [3.05, 3.63) is 126 Å². The number of hydrogen-bond acceptors (Lipinski definition) is 3. The number of nitrogens with one attached hydrogen (secondary N) is 2. The van der Waals surface area contributed by atoms with Crippen LogP contribution in [0.4, 0.5) is 20.2 Å². The van der Waals surface area contributed by atoms with Crippen LogP contribution in [0.25, 0.3) is 0 Å². The Labute approximate surface area is 200 Å². The molecule has 2 amide bonds. The van der Waals surface area contributed by atoms with Crippen molar-refractivity contribution in [2.24, 2.45) is 0 Å². The van der Waals surface area contributed by atoms with Crippen LogP contribution in [0, 0.1) is 11.6 Å². The lowest BCUT2D eigenvalue weighted by Crippen LogP contribution is -2.19. The minimum Gasteiger partial charge on any atom is -0.322 e. The summed E-state index contributed by atoms with van der Waals surface area (Å²) in [5.74, 6) is -2.09. The zero-order chi connectivity index (χ0) is 23.9. The second-order valence-corrected chi connectivity index (χ2v) is 8.52. The third kappa shape index (κ3) is 5.68. The summed E-state index contributed by atoms with van der Waals surface area (Å²) in [6, 6.07) is 27.8. The van der Waals surface area contributed by atoms with Gasteiger partial charge in [0.25, 0.3) is 5.91 Å². The molecule has 1 atom stereocenters. The number of hydrogen-bond donors (Lipinski definition) is 2. The Hall–Kier alpha value is -3.97. The largest absolute Gasteiger partial charge is 0.322 e. The number of thioether (sulfide) groups is 1. The third-order valence-electron chi connectivity index (χ3n) is 4.94. The standard InChI is InChI=1S/C27H20F2N2O2S/c28-22-14-5-4-13-21(22)26(32)30-19-11-8-12-20(17-19)34-25(18-9-2-1-3-10-18)27(33)31-24-16-7-6-15-23(24)29/h1-17,25H,(H,30,32)(H,31,33). The van der Waals surface area contributed by atoms with Crippen molar-refractivity contribution in [2.75, 3.05) is 10.6 Å². The third-order valence-corrected chi connectivity index (χ3v) is 6.18. The van der Waals surface area contributed by atoms with E-state index in [1.807, 2.05) is 30.3 Å². The summed E-state index contributed by atoms with van der Waals surface area (Å²) in [5, 5.41) is 4.66. The van der Waals surface area contributed by atoms with Crippen LogP contribution in [0.5, 0.6) is 0 Å². The van der Waals surface area contributed by atoms with E-state index in [4.69, 9.17) is 0 Å². The number of benzene rings is 4. The molecule has 34 heavy (non-hydrogen) atoms. The molecule has 1 unspecified atom stereocenters. The van der Waals surface area contributed by atoms with Gasteiger partial charge in [-0.15, -0.1) is 11.8 Å². The van der Waals surface area contributed by atoms with Crippen LogP contribution in [0.3, 0.4) is 0 Å². The number of rotatable bonds is 7. The number of anilines is 2. The van der Waals surface area contributed by atoms with Gasteiger partial charge in [-0.1, -0.05) is 60.7 Å². The molecule has 0 fully saturated rings. The fourth-order valence-corrected chi connectivity index (χ4v) is 4.37. The van der Waals surface area contributed by atoms with Gasteiger partial charge < -0.3 is 10.6 Å². The van der Waals surface area contributed by atoms with E-state index in [1.165, 1.54) is 42.1 Å². The highest BCUT2D eigenvalue weighted by molar-refractivity contribution is 8.00. The molecule has 0 saturated heterocycles. The van der Waals surface area contributed by atoms with Gasteiger partial charge in [0.2, 0.25) is 5.91 Å². The quantitative estimate of drug-likeness (QED) is 0.294. The number of para-hydroxylation sites is 1. The van der Waals surface area contributed by atoms with Crippen LogP contribution in [-0.4, -0.2) is 11.8 Å². The Morgan fingerprint density at radius 3 is 2.12 bits per heavy atom. The van der Waals surface area contributed by atoms with E-state index in [1.54, 1.807) is 42.5 Å². The Bertz CT molecular complexity index is 1310. The van der Waals surface area contributed by atoms with Gasteiger partial charge >= 0.3 is 0 Å². The monoisotopic (exact) mass is 474 g/mol. The van der Waals surface area contributed by atoms with Gasteiger partial charge in [0, 0.05) is 10.6 Å². The highest BCUT2D eigenvalue weighted by Gasteiger charge is 2.23. The average Bonchev–Trinajstić information content (AvgIpc) is 2.85. The van der Waals surface area contributed by atoms with Crippen molar-refractivity contribution in [3.8, 4) is 0 Å². The topological polar surface area (TPSA) is 58.2 Å². The zero-order valence-electron chi connectivity index (χ0n) is 17.9. The summed E-state index contributed by atoms with van der Waals surface area (Å²) in [7, 11) is 0. The van der Waals surface area contributed by atoms with E-state index in [2.05, 4.69) is 10.6 Å². The molecular formula is C27H20F2N2O2S. The summed E-state index contributed by atoms with van der Waals surface area (Å²) >= 11 is 1.26. The number of halogens is 2. The predicted molar refractivity (Wildman–Crippen MR) is 131 cm³/mol. The van der Waals surface area contributed by atoms with E-state index in [0.29, 0.717) is 10.6 Å². The van der Waals surface area contributed by atoms with Gasteiger partial charge in [0.05, 0.1) is 11.3 Å². The van der Waals surface area contributed by atoms with Crippen LogP contribution < -0.4 is 10.6 Å². The maximum Gasteiger partial charge on any atom is 0.258 e. The van der Waals surface area contributed by atoms with Crippen LogP contribution >= 0.6 is 11.8 Å². The molecule has 170 valence electrons. The highest BCUT2D eigenvalue weighted by atomic mass is 32.2. The van der Waals surface area contributed by atoms with Gasteiger partial charge in [0.1, 0.15) is 16.9 Å². The second kappa shape index (κ2) is 10.8. The summed E-state index contributed by atoms with van der Waals surface area (Å²) < 4.78 is 28.0.